The SMILES string of the molecule is O=C(c1cccc(F)c1)N1CCCN(CCc2ccncc2)CC1. The van der Waals surface area contributed by atoms with Gasteiger partial charge in [-0.15, -0.1) is 0 Å². The zero-order valence-corrected chi connectivity index (χ0v) is 13.7. The Kier molecular flexibility index (Phi) is 5.54. The minimum Gasteiger partial charge on any atom is -0.337 e. The van der Waals surface area contributed by atoms with Gasteiger partial charge in [-0.05, 0) is 55.3 Å². The molecule has 24 heavy (non-hydrogen) atoms. The summed E-state index contributed by atoms with van der Waals surface area (Å²) in [5.74, 6) is -0.444. The van der Waals surface area contributed by atoms with Gasteiger partial charge in [0.1, 0.15) is 5.82 Å². The average Bonchev–Trinajstić information content (AvgIpc) is 2.86. The van der Waals surface area contributed by atoms with E-state index in [4.69, 9.17) is 0 Å². The first-order chi connectivity index (χ1) is 11.7. The van der Waals surface area contributed by atoms with Crippen LogP contribution in [0.25, 0.3) is 0 Å². The molecule has 1 aliphatic heterocycles. The first-order valence-corrected chi connectivity index (χ1v) is 8.38. The normalized spacial score (nSPS) is 16.0. The van der Waals surface area contributed by atoms with Crippen molar-refractivity contribution in [2.45, 2.75) is 12.8 Å². The fourth-order valence-corrected chi connectivity index (χ4v) is 3.04. The molecule has 1 saturated heterocycles. The Balaban J connectivity index is 1.54. The highest BCUT2D eigenvalue weighted by Gasteiger charge is 2.20. The standard InChI is InChI=1S/C19H22FN3O/c20-18-4-1-3-17(15-18)19(24)23-11-2-10-22(13-14-23)12-7-16-5-8-21-9-6-16/h1,3-6,8-9,15H,2,7,10-14H2. The molecule has 0 spiro atoms. The van der Waals surface area contributed by atoms with E-state index in [0.717, 1.165) is 39.0 Å². The summed E-state index contributed by atoms with van der Waals surface area (Å²) >= 11 is 0. The van der Waals surface area contributed by atoms with Crippen LogP contribution < -0.4 is 0 Å². The van der Waals surface area contributed by atoms with Gasteiger partial charge in [0.05, 0.1) is 0 Å². The van der Waals surface area contributed by atoms with Gasteiger partial charge in [-0.2, -0.15) is 0 Å². The molecule has 1 amide bonds. The summed E-state index contributed by atoms with van der Waals surface area (Å²) in [6.07, 6.45) is 5.56. The van der Waals surface area contributed by atoms with Crippen LogP contribution in [-0.4, -0.2) is 53.4 Å². The number of benzene rings is 1. The van der Waals surface area contributed by atoms with Crippen molar-refractivity contribution in [3.8, 4) is 0 Å². The number of carbonyl (C=O) groups is 1. The zero-order valence-electron chi connectivity index (χ0n) is 13.7. The largest absolute Gasteiger partial charge is 0.337 e. The van der Waals surface area contributed by atoms with E-state index in [9.17, 15) is 9.18 Å². The maximum atomic E-state index is 13.3. The molecule has 1 fully saturated rings. The maximum Gasteiger partial charge on any atom is 0.254 e. The Morgan fingerprint density at radius 1 is 1.08 bits per heavy atom. The summed E-state index contributed by atoms with van der Waals surface area (Å²) in [5, 5.41) is 0. The van der Waals surface area contributed by atoms with Crippen molar-refractivity contribution < 1.29 is 9.18 Å². The molecule has 2 heterocycles. The number of pyridine rings is 1. The highest BCUT2D eigenvalue weighted by Crippen LogP contribution is 2.11. The van der Waals surface area contributed by atoms with Crippen LogP contribution in [-0.2, 0) is 6.42 Å². The second-order valence-corrected chi connectivity index (χ2v) is 6.10. The molecule has 1 aromatic heterocycles. The second-order valence-electron chi connectivity index (χ2n) is 6.10. The molecule has 0 bridgehead atoms. The van der Waals surface area contributed by atoms with E-state index in [1.54, 1.807) is 12.1 Å². The van der Waals surface area contributed by atoms with Crippen LogP contribution in [0.15, 0.2) is 48.8 Å². The lowest BCUT2D eigenvalue weighted by Crippen LogP contribution is -2.35. The topological polar surface area (TPSA) is 36.4 Å². The molecular formula is C19H22FN3O. The number of halogens is 1. The lowest BCUT2D eigenvalue weighted by Gasteiger charge is -2.22. The quantitative estimate of drug-likeness (QED) is 0.866. The zero-order chi connectivity index (χ0) is 16.8. The molecular weight excluding hydrogens is 305 g/mol. The number of amides is 1. The maximum absolute atomic E-state index is 13.3. The molecule has 5 heteroatoms. The second kappa shape index (κ2) is 8.02. The fraction of sp³-hybridized carbons (Fsp3) is 0.368. The molecule has 0 unspecified atom stereocenters. The van der Waals surface area contributed by atoms with Crippen LogP contribution in [0.2, 0.25) is 0 Å². The van der Waals surface area contributed by atoms with Crippen molar-refractivity contribution in [3.05, 3.63) is 65.7 Å². The van der Waals surface area contributed by atoms with Gasteiger partial charge < -0.3 is 9.80 Å². The molecule has 0 atom stereocenters. The molecule has 2 aromatic rings. The molecule has 0 N–H and O–H groups in total. The van der Waals surface area contributed by atoms with Gasteiger partial charge in [0.25, 0.3) is 5.91 Å². The summed E-state index contributed by atoms with van der Waals surface area (Å²) in [6.45, 7) is 4.23. The van der Waals surface area contributed by atoms with Gasteiger partial charge in [0, 0.05) is 44.1 Å². The van der Waals surface area contributed by atoms with Crippen molar-refractivity contribution >= 4 is 5.91 Å². The lowest BCUT2D eigenvalue weighted by molar-refractivity contribution is 0.0761. The van der Waals surface area contributed by atoms with E-state index in [2.05, 4.69) is 9.88 Å². The van der Waals surface area contributed by atoms with Crippen LogP contribution >= 0.6 is 0 Å². The van der Waals surface area contributed by atoms with E-state index >= 15 is 0 Å². The van der Waals surface area contributed by atoms with Gasteiger partial charge in [-0.3, -0.25) is 9.78 Å². The smallest absolute Gasteiger partial charge is 0.254 e. The number of rotatable bonds is 4. The van der Waals surface area contributed by atoms with E-state index in [1.165, 1.54) is 17.7 Å². The van der Waals surface area contributed by atoms with Crippen LogP contribution in [0.4, 0.5) is 4.39 Å². The molecule has 1 aliphatic rings. The van der Waals surface area contributed by atoms with Crippen molar-refractivity contribution in [1.82, 2.24) is 14.8 Å². The van der Waals surface area contributed by atoms with Gasteiger partial charge in [0.15, 0.2) is 0 Å². The molecule has 0 radical (unpaired) electrons. The number of aromatic nitrogens is 1. The van der Waals surface area contributed by atoms with Gasteiger partial charge in [-0.25, -0.2) is 4.39 Å². The first-order valence-electron chi connectivity index (χ1n) is 8.38. The Bertz CT molecular complexity index is 677. The minimum atomic E-state index is -0.366. The molecule has 3 rings (SSSR count). The Morgan fingerprint density at radius 2 is 1.92 bits per heavy atom. The summed E-state index contributed by atoms with van der Waals surface area (Å²) in [4.78, 5) is 20.8. The average molecular weight is 327 g/mol. The predicted octanol–water partition coefficient (Wildman–Crippen LogP) is 2.61. The molecule has 126 valence electrons. The van der Waals surface area contributed by atoms with Gasteiger partial charge >= 0.3 is 0 Å². The van der Waals surface area contributed by atoms with E-state index < -0.39 is 0 Å². The Labute approximate surface area is 141 Å². The number of hydrogen-bond donors (Lipinski definition) is 0. The molecule has 0 saturated carbocycles. The number of carbonyl (C=O) groups excluding carboxylic acids is 1. The summed E-state index contributed by atoms with van der Waals surface area (Å²) in [7, 11) is 0. The lowest BCUT2D eigenvalue weighted by atomic mass is 10.2. The Hall–Kier alpha value is -2.27. The van der Waals surface area contributed by atoms with Crippen LogP contribution in [0.1, 0.15) is 22.3 Å². The van der Waals surface area contributed by atoms with Crippen LogP contribution in [0.3, 0.4) is 0 Å². The summed E-state index contributed by atoms with van der Waals surface area (Å²) < 4.78 is 13.3. The van der Waals surface area contributed by atoms with Crippen LogP contribution in [0.5, 0.6) is 0 Å². The van der Waals surface area contributed by atoms with Crippen molar-refractivity contribution in [1.29, 1.82) is 0 Å². The third-order valence-electron chi connectivity index (χ3n) is 4.41. The fourth-order valence-electron chi connectivity index (χ4n) is 3.04. The third-order valence-corrected chi connectivity index (χ3v) is 4.41. The highest BCUT2D eigenvalue weighted by molar-refractivity contribution is 5.94. The predicted molar refractivity (Wildman–Crippen MR) is 91.3 cm³/mol. The van der Waals surface area contributed by atoms with Crippen molar-refractivity contribution in [2.24, 2.45) is 0 Å². The monoisotopic (exact) mass is 327 g/mol. The van der Waals surface area contributed by atoms with Crippen molar-refractivity contribution in [2.75, 3.05) is 32.7 Å². The van der Waals surface area contributed by atoms with Gasteiger partial charge in [0.2, 0.25) is 0 Å². The Morgan fingerprint density at radius 3 is 2.71 bits per heavy atom. The minimum absolute atomic E-state index is 0.0783. The van der Waals surface area contributed by atoms with E-state index in [-0.39, 0.29) is 11.7 Å². The summed E-state index contributed by atoms with van der Waals surface area (Å²) in [5.41, 5.74) is 1.71. The molecule has 4 nitrogen and oxygen atoms in total. The third kappa shape index (κ3) is 4.38. The van der Waals surface area contributed by atoms with E-state index in [0.29, 0.717) is 12.1 Å². The van der Waals surface area contributed by atoms with E-state index in [1.807, 2.05) is 29.4 Å². The number of hydrogen-bond acceptors (Lipinski definition) is 3. The van der Waals surface area contributed by atoms with Gasteiger partial charge in [-0.1, -0.05) is 6.07 Å². The van der Waals surface area contributed by atoms with Crippen molar-refractivity contribution in [3.63, 3.8) is 0 Å². The summed E-state index contributed by atoms with van der Waals surface area (Å²) in [6, 6.07) is 10.0. The van der Waals surface area contributed by atoms with Crippen LogP contribution in [0, 0.1) is 5.82 Å². The molecule has 0 aliphatic carbocycles. The first kappa shape index (κ1) is 16.6. The highest BCUT2D eigenvalue weighted by atomic mass is 19.1. The number of nitrogens with zero attached hydrogens (tertiary/aromatic N) is 3. The molecule has 1 aromatic carbocycles.